The number of sulfone groups is 1. The Balaban J connectivity index is 1.32. The third kappa shape index (κ3) is 7.46. The van der Waals surface area contributed by atoms with Gasteiger partial charge in [-0.2, -0.15) is 0 Å². The van der Waals surface area contributed by atoms with Crippen molar-refractivity contribution in [3.05, 3.63) is 100 Å². The van der Waals surface area contributed by atoms with Gasteiger partial charge in [-0.3, -0.25) is 0 Å². The molecule has 0 aliphatic heterocycles. The van der Waals surface area contributed by atoms with E-state index < -0.39 is 15.7 Å². The maximum Gasteiger partial charge on any atom is 0.148 e. The maximum atomic E-state index is 15.1. The standard InChI is InChI=1S/C29H25BrF2N4O4S/c1-41(37,38)10-9-33-15-21-6-8-27(40-21)22-13-23-26(14-25(22)32)34-17-35-29(23)36-20-5-7-28(24(30)12-20)39-16-18-3-2-4-19(31)11-18/h2-8,11-14,17,33H,9-10,15-16H2,1H3,(H,34,35,36). The Morgan fingerprint density at radius 3 is 2.66 bits per heavy atom. The van der Waals surface area contributed by atoms with E-state index in [1.807, 2.05) is 6.07 Å². The zero-order valence-corrected chi connectivity index (χ0v) is 24.2. The van der Waals surface area contributed by atoms with Crippen LogP contribution in [0.1, 0.15) is 11.3 Å². The molecule has 0 amide bonds. The lowest BCUT2D eigenvalue weighted by Crippen LogP contribution is -2.21. The van der Waals surface area contributed by atoms with E-state index in [4.69, 9.17) is 9.15 Å². The predicted octanol–water partition coefficient (Wildman–Crippen LogP) is 6.39. The van der Waals surface area contributed by atoms with Gasteiger partial charge in [0.15, 0.2) is 0 Å². The Bertz CT molecular complexity index is 1810. The lowest BCUT2D eigenvalue weighted by Gasteiger charge is -2.13. The summed E-state index contributed by atoms with van der Waals surface area (Å²) < 4.78 is 63.4. The molecule has 0 saturated carbocycles. The van der Waals surface area contributed by atoms with Gasteiger partial charge in [0.05, 0.1) is 27.9 Å². The highest BCUT2D eigenvalue weighted by molar-refractivity contribution is 9.10. The second-order valence-corrected chi connectivity index (χ2v) is 12.4. The molecule has 2 N–H and O–H groups in total. The number of furan rings is 1. The summed E-state index contributed by atoms with van der Waals surface area (Å²) in [4.78, 5) is 8.57. The highest BCUT2D eigenvalue weighted by atomic mass is 79.9. The van der Waals surface area contributed by atoms with Crippen molar-refractivity contribution in [3.63, 3.8) is 0 Å². The average molecular weight is 644 g/mol. The zero-order valence-electron chi connectivity index (χ0n) is 21.8. The molecule has 5 aromatic rings. The number of rotatable bonds is 11. The highest BCUT2D eigenvalue weighted by Crippen LogP contribution is 2.34. The summed E-state index contributed by atoms with van der Waals surface area (Å²) in [7, 11) is -3.07. The number of aromatic nitrogens is 2. The molecule has 0 radical (unpaired) electrons. The Labute approximate surface area is 243 Å². The van der Waals surface area contributed by atoms with E-state index in [1.165, 1.54) is 30.8 Å². The number of hydrogen-bond acceptors (Lipinski definition) is 8. The molecule has 12 heteroatoms. The number of benzene rings is 3. The van der Waals surface area contributed by atoms with Crippen LogP contribution in [0.3, 0.4) is 0 Å². The Kier molecular flexibility index (Phi) is 8.62. The minimum atomic E-state index is -3.07. The molecule has 0 aliphatic rings. The quantitative estimate of drug-likeness (QED) is 0.160. The van der Waals surface area contributed by atoms with Gasteiger partial charge in [-0.05, 0) is 70.0 Å². The smallest absolute Gasteiger partial charge is 0.148 e. The number of fused-ring (bicyclic) bond motifs is 1. The Morgan fingerprint density at radius 2 is 1.88 bits per heavy atom. The molecule has 8 nitrogen and oxygen atoms in total. The van der Waals surface area contributed by atoms with Gasteiger partial charge in [-0.1, -0.05) is 12.1 Å². The van der Waals surface area contributed by atoms with Crippen LogP contribution >= 0.6 is 15.9 Å². The monoisotopic (exact) mass is 642 g/mol. The SMILES string of the molecule is CS(=O)(=O)CCNCc1ccc(-c2cc3c(Nc4ccc(OCc5cccc(F)c5)c(Br)c4)ncnc3cc2F)o1. The molecule has 2 aromatic heterocycles. The number of anilines is 2. The van der Waals surface area contributed by atoms with Crippen molar-refractivity contribution in [3.8, 4) is 17.1 Å². The first-order valence-corrected chi connectivity index (χ1v) is 15.4. The molecule has 0 aliphatic carbocycles. The van der Waals surface area contributed by atoms with Crippen LogP contribution < -0.4 is 15.4 Å². The Hall–Kier alpha value is -3.87. The minimum Gasteiger partial charge on any atom is -0.488 e. The van der Waals surface area contributed by atoms with Crippen LogP contribution in [-0.2, 0) is 23.0 Å². The first kappa shape index (κ1) is 28.7. The summed E-state index contributed by atoms with van der Waals surface area (Å²) in [5.41, 5.74) is 2.05. The molecule has 0 saturated heterocycles. The maximum absolute atomic E-state index is 15.1. The van der Waals surface area contributed by atoms with Gasteiger partial charge in [0.2, 0.25) is 0 Å². The number of nitrogens with one attached hydrogen (secondary N) is 2. The number of ether oxygens (including phenoxy) is 1. The average Bonchev–Trinajstić information content (AvgIpc) is 3.39. The van der Waals surface area contributed by atoms with Gasteiger partial charge < -0.3 is 19.8 Å². The third-order valence-corrected chi connectivity index (χ3v) is 7.64. The normalized spacial score (nSPS) is 11.6. The summed E-state index contributed by atoms with van der Waals surface area (Å²) >= 11 is 3.52. The van der Waals surface area contributed by atoms with Crippen LogP contribution in [0.5, 0.6) is 5.75 Å². The van der Waals surface area contributed by atoms with E-state index in [9.17, 15) is 12.8 Å². The van der Waals surface area contributed by atoms with E-state index in [1.54, 1.807) is 42.5 Å². The molecule has 5 rings (SSSR count). The molecular weight excluding hydrogens is 618 g/mol. The van der Waals surface area contributed by atoms with Crippen molar-refractivity contribution in [2.24, 2.45) is 0 Å². The van der Waals surface area contributed by atoms with Crippen molar-refractivity contribution in [2.45, 2.75) is 13.2 Å². The van der Waals surface area contributed by atoms with Crippen LogP contribution in [0, 0.1) is 11.6 Å². The zero-order chi connectivity index (χ0) is 29.0. The van der Waals surface area contributed by atoms with E-state index in [-0.39, 0.29) is 30.3 Å². The van der Waals surface area contributed by atoms with Crippen LogP contribution in [0.25, 0.3) is 22.2 Å². The molecule has 3 aromatic carbocycles. The van der Waals surface area contributed by atoms with Crippen LogP contribution in [0.15, 0.2) is 81.9 Å². The van der Waals surface area contributed by atoms with Gasteiger partial charge >= 0.3 is 0 Å². The van der Waals surface area contributed by atoms with Gasteiger partial charge in [0, 0.05) is 29.9 Å². The molecule has 0 fully saturated rings. The van der Waals surface area contributed by atoms with Crippen molar-refractivity contribution >= 4 is 48.2 Å². The molecule has 0 bridgehead atoms. The second-order valence-electron chi connectivity index (χ2n) is 9.33. The predicted molar refractivity (Wildman–Crippen MR) is 157 cm³/mol. The van der Waals surface area contributed by atoms with E-state index >= 15 is 4.39 Å². The van der Waals surface area contributed by atoms with Crippen LogP contribution in [0.2, 0.25) is 0 Å². The number of halogens is 3. The lowest BCUT2D eigenvalue weighted by atomic mass is 10.1. The molecule has 41 heavy (non-hydrogen) atoms. The van der Waals surface area contributed by atoms with Crippen molar-refractivity contribution in [1.82, 2.24) is 15.3 Å². The number of hydrogen-bond donors (Lipinski definition) is 2. The van der Waals surface area contributed by atoms with Crippen molar-refractivity contribution in [1.29, 1.82) is 0 Å². The van der Waals surface area contributed by atoms with E-state index in [0.29, 0.717) is 56.3 Å². The van der Waals surface area contributed by atoms with Gasteiger partial charge in [-0.25, -0.2) is 27.2 Å². The largest absolute Gasteiger partial charge is 0.488 e. The fourth-order valence-electron chi connectivity index (χ4n) is 4.07. The summed E-state index contributed by atoms with van der Waals surface area (Å²) in [6.07, 6.45) is 2.52. The van der Waals surface area contributed by atoms with Gasteiger partial charge in [0.1, 0.15) is 57.5 Å². The molecule has 0 atom stereocenters. The summed E-state index contributed by atoms with van der Waals surface area (Å²) in [6.45, 7) is 0.790. The molecule has 0 unspecified atom stereocenters. The second kappa shape index (κ2) is 12.3. The van der Waals surface area contributed by atoms with Crippen LogP contribution in [-0.4, -0.2) is 36.9 Å². The van der Waals surface area contributed by atoms with E-state index in [0.717, 1.165) is 0 Å². The Morgan fingerprint density at radius 1 is 1.02 bits per heavy atom. The van der Waals surface area contributed by atoms with Gasteiger partial charge in [-0.15, -0.1) is 0 Å². The molecular formula is C29H25BrF2N4O4S. The van der Waals surface area contributed by atoms with Crippen molar-refractivity contribution < 1.29 is 26.4 Å². The molecule has 0 spiro atoms. The fraction of sp³-hybridized carbons (Fsp3) is 0.172. The van der Waals surface area contributed by atoms with Crippen molar-refractivity contribution in [2.75, 3.05) is 23.9 Å². The minimum absolute atomic E-state index is 0.0108. The summed E-state index contributed by atoms with van der Waals surface area (Å²) in [6, 6.07) is 17.9. The topological polar surface area (TPSA) is 106 Å². The van der Waals surface area contributed by atoms with E-state index in [2.05, 4.69) is 36.5 Å². The number of nitrogens with zero attached hydrogens (tertiary/aromatic N) is 2. The van der Waals surface area contributed by atoms with Gasteiger partial charge in [0.25, 0.3) is 0 Å². The lowest BCUT2D eigenvalue weighted by molar-refractivity contribution is 0.303. The first-order valence-electron chi connectivity index (χ1n) is 12.5. The summed E-state index contributed by atoms with van der Waals surface area (Å²) in [5, 5.41) is 6.83. The highest BCUT2D eigenvalue weighted by Gasteiger charge is 2.15. The molecule has 2 heterocycles. The first-order chi connectivity index (χ1) is 19.6. The molecule has 212 valence electrons. The fourth-order valence-corrected chi connectivity index (χ4v) is 5.08. The van der Waals surface area contributed by atoms with Crippen LogP contribution in [0.4, 0.5) is 20.3 Å². The third-order valence-electron chi connectivity index (χ3n) is 6.08. The summed E-state index contributed by atoms with van der Waals surface area (Å²) in [5.74, 6) is 1.09.